The summed E-state index contributed by atoms with van der Waals surface area (Å²) in [6.45, 7) is 2.17. The lowest BCUT2D eigenvalue weighted by Gasteiger charge is -2.17. The molecule has 1 nitrogen and oxygen atoms in total. The van der Waals surface area contributed by atoms with Gasteiger partial charge in [0.1, 0.15) is 0 Å². The molecule has 0 N–H and O–H groups in total. The lowest BCUT2D eigenvalue weighted by Crippen LogP contribution is -2.07. The highest BCUT2D eigenvalue weighted by atomic mass is 32.2. The first kappa shape index (κ1) is 12.8. The molecule has 86 valence electrons. The van der Waals surface area contributed by atoms with Crippen molar-refractivity contribution in [2.45, 2.75) is 45.4 Å². The Morgan fingerprint density at radius 1 is 1.33 bits per heavy atom. The van der Waals surface area contributed by atoms with Crippen LogP contribution in [-0.4, -0.2) is 17.3 Å². The minimum Gasteiger partial charge on any atom is -0.295 e. The summed E-state index contributed by atoms with van der Waals surface area (Å²) < 4.78 is 0. The van der Waals surface area contributed by atoms with E-state index >= 15 is 0 Å². The van der Waals surface area contributed by atoms with E-state index in [-0.39, 0.29) is 0 Å². The van der Waals surface area contributed by atoms with Crippen molar-refractivity contribution in [2.24, 2.45) is 5.92 Å². The van der Waals surface area contributed by atoms with Gasteiger partial charge in [-0.15, -0.1) is 0 Å². The largest absolute Gasteiger partial charge is 0.295 e. The molecule has 1 saturated heterocycles. The highest BCUT2D eigenvalue weighted by Crippen LogP contribution is 2.23. The lowest BCUT2D eigenvalue weighted by atomic mass is 10.0. The number of hydrogen-bond donors (Lipinski definition) is 0. The van der Waals surface area contributed by atoms with E-state index in [4.69, 9.17) is 0 Å². The maximum Gasteiger partial charge on any atom is 0.155 e. The van der Waals surface area contributed by atoms with Gasteiger partial charge in [0.05, 0.1) is 0 Å². The van der Waals surface area contributed by atoms with Crippen LogP contribution >= 0.6 is 11.8 Å². The van der Waals surface area contributed by atoms with Gasteiger partial charge < -0.3 is 0 Å². The van der Waals surface area contributed by atoms with E-state index in [1.54, 1.807) is 0 Å². The molecule has 0 aromatic carbocycles. The van der Waals surface area contributed by atoms with Gasteiger partial charge in [-0.2, -0.15) is 11.8 Å². The summed E-state index contributed by atoms with van der Waals surface area (Å²) in [5.41, 5.74) is 0. The summed E-state index contributed by atoms with van der Waals surface area (Å²) in [5, 5.41) is 0. The molecular weight excluding hydrogens is 204 g/mol. The van der Waals surface area contributed by atoms with Gasteiger partial charge in [-0.3, -0.25) is 4.79 Å². The van der Waals surface area contributed by atoms with E-state index in [9.17, 15) is 4.79 Å². The SMILES string of the molecule is CCCCCC(=O)C=CC1CCSCC1. The Morgan fingerprint density at radius 3 is 2.73 bits per heavy atom. The number of hydrogen-bond acceptors (Lipinski definition) is 2. The van der Waals surface area contributed by atoms with Gasteiger partial charge in [0, 0.05) is 6.42 Å². The summed E-state index contributed by atoms with van der Waals surface area (Å²) >= 11 is 2.03. The summed E-state index contributed by atoms with van der Waals surface area (Å²) in [7, 11) is 0. The molecule has 1 aliphatic rings. The van der Waals surface area contributed by atoms with E-state index in [2.05, 4.69) is 13.0 Å². The smallest absolute Gasteiger partial charge is 0.155 e. The first-order valence-electron chi connectivity index (χ1n) is 6.11. The number of allylic oxidation sites excluding steroid dienone is 2. The van der Waals surface area contributed by atoms with E-state index < -0.39 is 0 Å². The molecule has 0 radical (unpaired) electrons. The lowest BCUT2D eigenvalue weighted by molar-refractivity contribution is -0.114. The van der Waals surface area contributed by atoms with Crippen molar-refractivity contribution >= 4 is 17.5 Å². The molecule has 0 bridgehead atoms. The Morgan fingerprint density at radius 2 is 2.07 bits per heavy atom. The maximum atomic E-state index is 11.5. The van der Waals surface area contributed by atoms with Crippen LogP contribution in [0.4, 0.5) is 0 Å². The first-order chi connectivity index (χ1) is 7.33. The van der Waals surface area contributed by atoms with Gasteiger partial charge in [-0.1, -0.05) is 25.8 Å². The minimum atomic E-state index is 0.321. The average molecular weight is 226 g/mol. The van der Waals surface area contributed by atoms with Gasteiger partial charge in [0.15, 0.2) is 5.78 Å². The Hall–Kier alpha value is -0.240. The third-order valence-corrected chi connectivity index (χ3v) is 3.90. The molecule has 0 atom stereocenters. The quantitative estimate of drug-likeness (QED) is 0.505. The molecule has 1 rings (SSSR count). The number of rotatable bonds is 6. The zero-order valence-electron chi connectivity index (χ0n) is 9.71. The monoisotopic (exact) mass is 226 g/mol. The Bertz CT molecular complexity index is 205. The normalized spacial score (nSPS) is 18.5. The fraction of sp³-hybridized carbons (Fsp3) is 0.769. The van der Waals surface area contributed by atoms with Crippen LogP contribution in [0.5, 0.6) is 0 Å². The molecule has 0 amide bonds. The van der Waals surface area contributed by atoms with Crippen LogP contribution in [0.15, 0.2) is 12.2 Å². The predicted octanol–water partition coefficient (Wildman–Crippen LogP) is 3.84. The highest BCUT2D eigenvalue weighted by molar-refractivity contribution is 7.99. The molecule has 1 aliphatic heterocycles. The van der Waals surface area contributed by atoms with Crippen molar-refractivity contribution in [1.29, 1.82) is 0 Å². The molecule has 15 heavy (non-hydrogen) atoms. The van der Waals surface area contributed by atoms with Crippen LogP contribution in [0, 0.1) is 5.92 Å². The number of carbonyl (C=O) groups excluding carboxylic acids is 1. The second-order valence-corrected chi connectivity index (χ2v) is 5.46. The van der Waals surface area contributed by atoms with Gasteiger partial charge >= 0.3 is 0 Å². The topological polar surface area (TPSA) is 17.1 Å². The number of ketones is 1. The van der Waals surface area contributed by atoms with Crippen molar-refractivity contribution in [2.75, 3.05) is 11.5 Å². The summed E-state index contributed by atoms with van der Waals surface area (Å²) in [6, 6.07) is 0. The molecule has 0 saturated carbocycles. The molecular formula is C13H22OS. The molecule has 1 fully saturated rings. The van der Waals surface area contributed by atoms with Gasteiger partial charge in [0.2, 0.25) is 0 Å². The average Bonchev–Trinajstić information content (AvgIpc) is 2.28. The van der Waals surface area contributed by atoms with Crippen LogP contribution in [0.3, 0.4) is 0 Å². The van der Waals surface area contributed by atoms with Crippen LogP contribution in [0.2, 0.25) is 0 Å². The van der Waals surface area contributed by atoms with Crippen LogP contribution in [-0.2, 0) is 4.79 Å². The molecule has 0 spiro atoms. The third-order valence-electron chi connectivity index (χ3n) is 2.85. The van der Waals surface area contributed by atoms with Crippen molar-refractivity contribution in [3.63, 3.8) is 0 Å². The first-order valence-corrected chi connectivity index (χ1v) is 7.27. The summed E-state index contributed by atoms with van der Waals surface area (Å²) in [4.78, 5) is 11.5. The Kier molecular flexibility index (Phi) is 6.82. The van der Waals surface area contributed by atoms with Gasteiger partial charge in [-0.25, -0.2) is 0 Å². The third kappa shape index (κ3) is 6.03. The van der Waals surface area contributed by atoms with Gasteiger partial charge in [0.25, 0.3) is 0 Å². The van der Waals surface area contributed by atoms with Crippen molar-refractivity contribution in [3.05, 3.63) is 12.2 Å². The number of unbranched alkanes of at least 4 members (excludes halogenated alkanes) is 2. The van der Waals surface area contributed by atoms with Crippen LogP contribution in [0.25, 0.3) is 0 Å². The van der Waals surface area contributed by atoms with E-state index in [0.29, 0.717) is 11.7 Å². The maximum absolute atomic E-state index is 11.5. The molecule has 2 heteroatoms. The zero-order valence-corrected chi connectivity index (χ0v) is 10.5. The second-order valence-electron chi connectivity index (χ2n) is 4.23. The van der Waals surface area contributed by atoms with E-state index in [0.717, 1.165) is 12.8 Å². The zero-order chi connectivity index (χ0) is 10.9. The second kappa shape index (κ2) is 7.98. The summed E-state index contributed by atoms with van der Waals surface area (Å²) in [5.74, 6) is 3.51. The van der Waals surface area contributed by atoms with Crippen LogP contribution < -0.4 is 0 Å². The molecule has 0 aromatic heterocycles. The van der Waals surface area contributed by atoms with Crippen molar-refractivity contribution in [1.82, 2.24) is 0 Å². The molecule has 0 aliphatic carbocycles. The van der Waals surface area contributed by atoms with Gasteiger partial charge in [-0.05, 0) is 42.8 Å². The molecule has 0 unspecified atom stereocenters. The Labute approximate surface area is 97.7 Å². The van der Waals surface area contributed by atoms with E-state index in [1.807, 2.05) is 17.8 Å². The van der Waals surface area contributed by atoms with Crippen LogP contribution in [0.1, 0.15) is 45.4 Å². The minimum absolute atomic E-state index is 0.321. The standard InChI is InChI=1S/C13H22OS/c1-2-3-4-5-13(14)7-6-12-8-10-15-11-9-12/h6-7,12H,2-5,8-11H2,1H3. The highest BCUT2D eigenvalue weighted by Gasteiger charge is 2.10. The molecule has 1 heterocycles. The summed E-state index contributed by atoms with van der Waals surface area (Å²) in [6.07, 6.45) is 10.7. The van der Waals surface area contributed by atoms with Crippen molar-refractivity contribution in [3.8, 4) is 0 Å². The number of carbonyl (C=O) groups is 1. The fourth-order valence-electron chi connectivity index (χ4n) is 1.78. The molecule has 0 aromatic rings. The van der Waals surface area contributed by atoms with E-state index in [1.165, 1.54) is 37.2 Å². The Balaban J connectivity index is 2.14. The number of thioether (sulfide) groups is 1. The fourth-order valence-corrected chi connectivity index (χ4v) is 2.93. The van der Waals surface area contributed by atoms with Crippen molar-refractivity contribution < 1.29 is 4.79 Å². The predicted molar refractivity (Wildman–Crippen MR) is 68.3 cm³/mol.